The number of nitrogens with zero attached hydrogens (tertiary/aromatic N) is 2. The van der Waals surface area contributed by atoms with Crippen molar-refractivity contribution in [1.29, 1.82) is 0 Å². The minimum Gasteiger partial charge on any atom is -0.268 e. The van der Waals surface area contributed by atoms with Gasteiger partial charge in [0.25, 0.3) is 5.56 Å². The number of unbranched alkanes of at least 4 members (excludes halogenated alkanes) is 1. The minimum absolute atomic E-state index is 0.00647. The third-order valence-electron chi connectivity index (χ3n) is 4.59. The summed E-state index contributed by atoms with van der Waals surface area (Å²) >= 11 is 0. The van der Waals surface area contributed by atoms with Gasteiger partial charge in [-0.25, -0.2) is 4.98 Å². The molecule has 0 saturated heterocycles. The highest BCUT2D eigenvalue weighted by atomic mass is 16.1. The fourth-order valence-electron chi connectivity index (χ4n) is 3.26. The van der Waals surface area contributed by atoms with E-state index in [-0.39, 0.29) is 5.56 Å². The molecule has 25 heavy (non-hydrogen) atoms. The summed E-state index contributed by atoms with van der Waals surface area (Å²) in [7, 11) is 0. The largest absolute Gasteiger partial charge is 0.268 e. The van der Waals surface area contributed by atoms with E-state index >= 15 is 0 Å². The number of aromatic nitrogens is 2. The van der Waals surface area contributed by atoms with E-state index in [0.29, 0.717) is 5.39 Å². The van der Waals surface area contributed by atoms with Crippen molar-refractivity contribution in [3.63, 3.8) is 0 Å². The first-order valence-electron chi connectivity index (χ1n) is 8.78. The van der Waals surface area contributed by atoms with E-state index in [1.807, 2.05) is 42.5 Å². The van der Waals surface area contributed by atoms with Crippen LogP contribution in [0.3, 0.4) is 0 Å². The van der Waals surface area contributed by atoms with Crippen molar-refractivity contribution in [3.05, 3.63) is 82.9 Å². The SMILES string of the molecule is CCCCc1nc2ccccc2c(=O)n1-c1ccc2ccccc2c1. The molecule has 0 saturated carbocycles. The maximum Gasteiger partial charge on any atom is 0.265 e. The van der Waals surface area contributed by atoms with Gasteiger partial charge in [0.15, 0.2) is 0 Å². The fraction of sp³-hybridized carbons (Fsp3) is 0.182. The van der Waals surface area contributed by atoms with Gasteiger partial charge in [0.05, 0.1) is 16.6 Å². The third kappa shape index (κ3) is 2.82. The molecule has 0 aliphatic rings. The van der Waals surface area contributed by atoms with E-state index in [2.05, 4.69) is 31.2 Å². The molecule has 0 N–H and O–H groups in total. The first-order valence-corrected chi connectivity index (χ1v) is 8.78. The van der Waals surface area contributed by atoms with Gasteiger partial charge in [-0.1, -0.05) is 55.8 Å². The van der Waals surface area contributed by atoms with Crippen molar-refractivity contribution in [2.45, 2.75) is 26.2 Å². The number of benzene rings is 3. The van der Waals surface area contributed by atoms with E-state index < -0.39 is 0 Å². The molecule has 0 aliphatic heterocycles. The predicted octanol–water partition coefficient (Wildman–Crippen LogP) is 4.88. The Morgan fingerprint density at radius 1 is 0.920 bits per heavy atom. The van der Waals surface area contributed by atoms with Gasteiger partial charge in [0.2, 0.25) is 0 Å². The van der Waals surface area contributed by atoms with Gasteiger partial charge < -0.3 is 0 Å². The molecule has 1 aromatic heterocycles. The van der Waals surface area contributed by atoms with Crippen LogP contribution in [-0.2, 0) is 6.42 Å². The predicted molar refractivity (Wildman–Crippen MR) is 103 cm³/mol. The summed E-state index contributed by atoms with van der Waals surface area (Å²) < 4.78 is 1.78. The summed E-state index contributed by atoms with van der Waals surface area (Å²) in [5.74, 6) is 0.834. The molecule has 0 unspecified atom stereocenters. The number of aryl methyl sites for hydroxylation is 1. The van der Waals surface area contributed by atoms with Gasteiger partial charge in [0, 0.05) is 6.42 Å². The number of fused-ring (bicyclic) bond motifs is 2. The molecule has 0 spiro atoms. The molecule has 124 valence electrons. The first kappa shape index (κ1) is 15.6. The molecule has 3 nitrogen and oxygen atoms in total. The number of hydrogen-bond donors (Lipinski definition) is 0. The molecule has 3 heteroatoms. The topological polar surface area (TPSA) is 34.9 Å². The van der Waals surface area contributed by atoms with Crippen LogP contribution in [0.15, 0.2) is 71.5 Å². The normalized spacial score (nSPS) is 11.2. The Hall–Kier alpha value is -2.94. The Morgan fingerprint density at radius 3 is 2.52 bits per heavy atom. The Bertz CT molecular complexity index is 1110. The molecule has 4 aromatic rings. The maximum absolute atomic E-state index is 13.2. The summed E-state index contributed by atoms with van der Waals surface area (Å²) in [6.45, 7) is 2.15. The van der Waals surface area contributed by atoms with Crippen molar-refractivity contribution >= 4 is 21.7 Å². The van der Waals surface area contributed by atoms with Crippen LogP contribution >= 0.6 is 0 Å². The van der Waals surface area contributed by atoms with E-state index in [4.69, 9.17) is 4.98 Å². The highest BCUT2D eigenvalue weighted by molar-refractivity contribution is 5.84. The zero-order valence-corrected chi connectivity index (χ0v) is 14.3. The van der Waals surface area contributed by atoms with Crippen molar-refractivity contribution in [2.24, 2.45) is 0 Å². The quantitative estimate of drug-likeness (QED) is 0.535. The van der Waals surface area contributed by atoms with E-state index in [9.17, 15) is 4.79 Å². The van der Waals surface area contributed by atoms with Crippen LogP contribution in [0.25, 0.3) is 27.4 Å². The lowest BCUT2D eigenvalue weighted by molar-refractivity contribution is 0.721. The van der Waals surface area contributed by atoms with Gasteiger partial charge in [-0.3, -0.25) is 9.36 Å². The zero-order chi connectivity index (χ0) is 17.2. The average molecular weight is 328 g/mol. The second-order valence-corrected chi connectivity index (χ2v) is 6.32. The van der Waals surface area contributed by atoms with Gasteiger partial charge in [-0.05, 0) is 41.5 Å². The lowest BCUT2D eigenvalue weighted by atomic mass is 10.1. The summed E-state index contributed by atoms with van der Waals surface area (Å²) in [4.78, 5) is 18.0. The van der Waals surface area contributed by atoms with E-state index in [1.54, 1.807) is 4.57 Å². The van der Waals surface area contributed by atoms with Crippen molar-refractivity contribution in [3.8, 4) is 5.69 Å². The summed E-state index contributed by atoms with van der Waals surface area (Å²) in [5, 5.41) is 2.96. The zero-order valence-electron chi connectivity index (χ0n) is 14.3. The Kier molecular flexibility index (Phi) is 4.06. The van der Waals surface area contributed by atoms with Crippen LogP contribution in [-0.4, -0.2) is 9.55 Å². The lowest BCUT2D eigenvalue weighted by Gasteiger charge is -2.14. The molecule has 1 heterocycles. The fourth-order valence-corrected chi connectivity index (χ4v) is 3.26. The summed E-state index contributed by atoms with van der Waals surface area (Å²) in [6, 6.07) is 21.9. The molecule has 0 amide bonds. The molecule has 0 aliphatic carbocycles. The van der Waals surface area contributed by atoms with E-state index in [0.717, 1.165) is 41.7 Å². The highest BCUT2D eigenvalue weighted by Gasteiger charge is 2.12. The van der Waals surface area contributed by atoms with Gasteiger partial charge >= 0.3 is 0 Å². The first-order chi connectivity index (χ1) is 12.3. The lowest BCUT2D eigenvalue weighted by Crippen LogP contribution is -2.24. The van der Waals surface area contributed by atoms with Crippen molar-refractivity contribution in [2.75, 3.05) is 0 Å². The molecular formula is C22H20N2O. The molecule has 0 atom stereocenters. The summed E-state index contributed by atoms with van der Waals surface area (Å²) in [6.07, 6.45) is 2.88. The smallest absolute Gasteiger partial charge is 0.265 e. The Morgan fingerprint density at radius 2 is 1.68 bits per heavy atom. The Labute approximate surface area is 146 Å². The molecule has 0 bridgehead atoms. The average Bonchev–Trinajstić information content (AvgIpc) is 2.66. The monoisotopic (exact) mass is 328 g/mol. The summed E-state index contributed by atoms with van der Waals surface area (Å²) in [5.41, 5.74) is 1.66. The number of rotatable bonds is 4. The van der Waals surface area contributed by atoms with Crippen LogP contribution in [0.5, 0.6) is 0 Å². The third-order valence-corrected chi connectivity index (χ3v) is 4.59. The number of para-hydroxylation sites is 1. The van der Waals surface area contributed by atoms with Gasteiger partial charge in [0.1, 0.15) is 5.82 Å². The van der Waals surface area contributed by atoms with Crippen molar-refractivity contribution < 1.29 is 0 Å². The maximum atomic E-state index is 13.2. The van der Waals surface area contributed by atoms with Crippen molar-refractivity contribution in [1.82, 2.24) is 9.55 Å². The molecule has 0 radical (unpaired) electrons. The van der Waals surface area contributed by atoms with Gasteiger partial charge in [-0.2, -0.15) is 0 Å². The molecule has 3 aromatic carbocycles. The molecule has 4 rings (SSSR count). The standard InChI is InChI=1S/C22H20N2O/c1-2-3-12-21-23-20-11-7-6-10-19(20)22(25)24(21)18-14-13-16-8-4-5-9-17(16)15-18/h4-11,13-15H,2-3,12H2,1H3. The molecular weight excluding hydrogens is 308 g/mol. The highest BCUT2D eigenvalue weighted by Crippen LogP contribution is 2.20. The van der Waals surface area contributed by atoms with Crippen LogP contribution in [0.1, 0.15) is 25.6 Å². The van der Waals surface area contributed by atoms with Gasteiger partial charge in [-0.15, -0.1) is 0 Å². The van der Waals surface area contributed by atoms with Crippen LogP contribution in [0, 0.1) is 0 Å². The molecule has 0 fully saturated rings. The van der Waals surface area contributed by atoms with Crippen LogP contribution in [0.2, 0.25) is 0 Å². The Balaban J connectivity index is 1.99. The minimum atomic E-state index is 0.00647. The second kappa shape index (κ2) is 6.52. The van der Waals surface area contributed by atoms with Crippen LogP contribution < -0.4 is 5.56 Å². The number of hydrogen-bond acceptors (Lipinski definition) is 2. The second-order valence-electron chi connectivity index (χ2n) is 6.32. The van der Waals surface area contributed by atoms with Crippen LogP contribution in [0.4, 0.5) is 0 Å². The van der Waals surface area contributed by atoms with E-state index in [1.165, 1.54) is 5.39 Å².